The number of hydrogen-bond acceptors (Lipinski definition) is 2. The van der Waals surface area contributed by atoms with Crippen molar-refractivity contribution >= 4 is 5.97 Å². The van der Waals surface area contributed by atoms with E-state index in [1.165, 1.54) is 0 Å². The summed E-state index contributed by atoms with van der Waals surface area (Å²) in [5, 5.41) is 9.11. The van der Waals surface area contributed by atoms with E-state index in [1.807, 2.05) is 0 Å². The van der Waals surface area contributed by atoms with Gasteiger partial charge in [0.05, 0.1) is 5.41 Å². The number of carboxylic acid groups (broad SMARTS) is 1. The first-order valence-corrected chi connectivity index (χ1v) is 5.53. The molecule has 1 rings (SSSR count). The maximum absolute atomic E-state index is 11.1. The molecular weight excluding hydrogens is 178 g/mol. The SMILES string of the molecule is CCCN(C)CCC1(C(=O)O)CCC1. The van der Waals surface area contributed by atoms with Crippen LogP contribution >= 0.6 is 0 Å². The van der Waals surface area contributed by atoms with Crippen LogP contribution in [0, 0.1) is 5.41 Å². The molecular formula is C11H21NO2. The van der Waals surface area contributed by atoms with Gasteiger partial charge in [-0.2, -0.15) is 0 Å². The highest BCUT2D eigenvalue weighted by Gasteiger charge is 2.43. The third-order valence-electron chi connectivity index (χ3n) is 3.34. The van der Waals surface area contributed by atoms with Gasteiger partial charge in [0.25, 0.3) is 0 Å². The molecule has 0 heterocycles. The summed E-state index contributed by atoms with van der Waals surface area (Å²) in [5.74, 6) is -0.589. The largest absolute Gasteiger partial charge is 0.481 e. The van der Waals surface area contributed by atoms with Crippen molar-refractivity contribution in [3.8, 4) is 0 Å². The Morgan fingerprint density at radius 3 is 2.43 bits per heavy atom. The van der Waals surface area contributed by atoms with Crippen LogP contribution in [0.15, 0.2) is 0 Å². The Hall–Kier alpha value is -0.570. The summed E-state index contributed by atoms with van der Waals surface area (Å²) in [7, 11) is 2.07. The number of hydrogen-bond donors (Lipinski definition) is 1. The zero-order valence-electron chi connectivity index (χ0n) is 9.25. The van der Waals surface area contributed by atoms with Gasteiger partial charge in [-0.1, -0.05) is 13.3 Å². The van der Waals surface area contributed by atoms with Gasteiger partial charge >= 0.3 is 5.97 Å². The molecule has 0 amide bonds. The maximum Gasteiger partial charge on any atom is 0.309 e. The molecule has 0 bridgehead atoms. The molecule has 3 nitrogen and oxygen atoms in total. The predicted molar refractivity (Wildman–Crippen MR) is 56.3 cm³/mol. The highest BCUT2D eigenvalue weighted by Crippen LogP contribution is 2.44. The summed E-state index contributed by atoms with van der Waals surface area (Å²) >= 11 is 0. The van der Waals surface area contributed by atoms with Crippen LogP contribution in [0.3, 0.4) is 0 Å². The van der Waals surface area contributed by atoms with Crippen LogP contribution in [0.25, 0.3) is 0 Å². The summed E-state index contributed by atoms with van der Waals surface area (Å²) in [6.45, 7) is 4.13. The molecule has 82 valence electrons. The third-order valence-corrected chi connectivity index (χ3v) is 3.34. The van der Waals surface area contributed by atoms with E-state index in [2.05, 4.69) is 18.9 Å². The average Bonchev–Trinajstić information content (AvgIpc) is 2.02. The molecule has 0 radical (unpaired) electrons. The molecule has 3 heteroatoms. The number of rotatable bonds is 6. The van der Waals surface area contributed by atoms with Gasteiger partial charge in [-0.25, -0.2) is 0 Å². The molecule has 0 aliphatic heterocycles. The van der Waals surface area contributed by atoms with Crippen molar-refractivity contribution < 1.29 is 9.90 Å². The lowest BCUT2D eigenvalue weighted by atomic mass is 9.66. The first-order valence-electron chi connectivity index (χ1n) is 5.53. The molecule has 1 fully saturated rings. The van der Waals surface area contributed by atoms with Crippen molar-refractivity contribution in [2.24, 2.45) is 5.41 Å². The molecule has 0 atom stereocenters. The fraction of sp³-hybridized carbons (Fsp3) is 0.909. The van der Waals surface area contributed by atoms with Crippen LogP contribution < -0.4 is 0 Å². The Balaban J connectivity index is 2.31. The molecule has 0 spiro atoms. The second-order valence-corrected chi connectivity index (χ2v) is 4.49. The van der Waals surface area contributed by atoms with Gasteiger partial charge in [0.1, 0.15) is 0 Å². The van der Waals surface area contributed by atoms with Crippen LogP contribution in [0.5, 0.6) is 0 Å². The average molecular weight is 199 g/mol. The number of aliphatic carboxylic acids is 1. The summed E-state index contributed by atoms with van der Waals surface area (Å²) in [5.41, 5.74) is -0.373. The lowest BCUT2D eigenvalue weighted by Crippen LogP contribution is -2.40. The Morgan fingerprint density at radius 1 is 1.43 bits per heavy atom. The second-order valence-electron chi connectivity index (χ2n) is 4.49. The predicted octanol–water partition coefficient (Wildman–Crippen LogP) is 1.97. The van der Waals surface area contributed by atoms with E-state index in [-0.39, 0.29) is 5.41 Å². The molecule has 0 saturated heterocycles. The lowest BCUT2D eigenvalue weighted by Gasteiger charge is -2.38. The molecule has 1 aliphatic carbocycles. The number of carbonyl (C=O) groups is 1. The first kappa shape index (κ1) is 11.5. The zero-order valence-corrected chi connectivity index (χ0v) is 9.25. The minimum atomic E-state index is -0.589. The number of nitrogens with zero attached hydrogens (tertiary/aromatic N) is 1. The van der Waals surface area contributed by atoms with Gasteiger partial charge < -0.3 is 10.0 Å². The minimum Gasteiger partial charge on any atom is -0.481 e. The molecule has 1 saturated carbocycles. The Bertz CT molecular complexity index is 199. The fourth-order valence-electron chi connectivity index (χ4n) is 2.07. The van der Waals surface area contributed by atoms with E-state index < -0.39 is 5.97 Å². The molecule has 14 heavy (non-hydrogen) atoms. The highest BCUT2D eigenvalue weighted by molar-refractivity contribution is 5.75. The van der Waals surface area contributed by atoms with Crippen LogP contribution in [-0.2, 0) is 4.79 Å². The Kier molecular flexibility index (Phi) is 3.93. The molecule has 0 aromatic rings. The van der Waals surface area contributed by atoms with E-state index in [4.69, 9.17) is 5.11 Å². The zero-order chi connectivity index (χ0) is 10.6. The first-order chi connectivity index (χ1) is 6.60. The van der Waals surface area contributed by atoms with E-state index >= 15 is 0 Å². The quantitative estimate of drug-likeness (QED) is 0.711. The van der Waals surface area contributed by atoms with E-state index in [1.54, 1.807) is 0 Å². The normalized spacial score (nSPS) is 19.4. The van der Waals surface area contributed by atoms with Crippen molar-refractivity contribution in [2.45, 2.75) is 39.0 Å². The molecule has 0 unspecified atom stereocenters. The summed E-state index contributed by atoms with van der Waals surface area (Å²) < 4.78 is 0. The van der Waals surface area contributed by atoms with Gasteiger partial charge in [-0.3, -0.25) is 4.79 Å². The Morgan fingerprint density at radius 2 is 2.07 bits per heavy atom. The third kappa shape index (κ3) is 2.47. The van der Waals surface area contributed by atoms with Crippen molar-refractivity contribution in [3.05, 3.63) is 0 Å². The maximum atomic E-state index is 11.1. The van der Waals surface area contributed by atoms with Crippen molar-refractivity contribution in [2.75, 3.05) is 20.1 Å². The van der Waals surface area contributed by atoms with Gasteiger partial charge in [0, 0.05) is 0 Å². The Labute approximate surface area is 86.1 Å². The highest BCUT2D eigenvalue weighted by atomic mass is 16.4. The standard InChI is InChI=1S/C11H21NO2/c1-3-8-12(2)9-7-11(10(13)14)5-4-6-11/h3-9H2,1-2H3,(H,13,14). The summed E-state index contributed by atoms with van der Waals surface area (Å²) in [6, 6.07) is 0. The van der Waals surface area contributed by atoms with Crippen molar-refractivity contribution in [1.29, 1.82) is 0 Å². The summed E-state index contributed by atoms with van der Waals surface area (Å²) in [6.07, 6.45) is 4.80. The van der Waals surface area contributed by atoms with Crippen LogP contribution in [-0.4, -0.2) is 36.1 Å². The van der Waals surface area contributed by atoms with E-state index in [0.29, 0.717) is 0 Å². The van der Waals surface area contributed by atoms with Gasteiger partial charge in [0.15, 0.2) is 0 Å². The molecule has 1 aliphatic rings. The van der Waals surface area contributed by atoms with Gasteiger partial charge in [-0.15, -0.1) is 0 Å². The second kappa shape index (κ2) is 4.78. The van der Waals surface area contributed by atoms with Gasteiger partial charge in [0.2, 0.25) is 0 Å². The van der Waals surface area contributed by atoms with E-state index in [0.717, 1.165) is 45.2 Å². The van der Waals surface area contributed by atoms with Crippen LogP contribution in [0.1, 0.15) is 39.0 Å². The number of carboxylic acids is 1. The van der Waals surface area contributed by atoms with Crippen molar-refractivity contribution in [3.63, 3.8) is 0 Å². The monoisotopic (exact) mass is 199 g/mol. The molecule has 0 aromatic carbocycles. The van der Waals surface area contributed by atoms with Gasteiger partial charge in [-0.05, 0) is 45.8 Å². The molecule has 1 N–H and O–H groups in total. The lowest BCUT2D eigenvalue weighted by molar-refractivity contribution is -0.155. The van der Waals surface area contributed by atoms with Crippen molar-refractivity contribution in [1.82, 2.24) is 4.90 Å². The van der Waals surface area contributed by atoms with Crippen LogP contribution in [0.4, 0.5) is 0 Å². The summed E-state index contributed by atoms with van der Waals surface area (Å²) in [4.78, 5) is 13.3. The van der Waals surface area contributed by atoms with E-state index in [9.17, 15) is 4.79 Å². The topological polar surface area (TPSA) is 40.5 Å². The minimum absolute atomic E-state index is 0.373. The molecule has 0 aromatic heterocycles. The smallest absolute Gasteiger partial charge is 0.309 e. The van der Waals surface area contributed by atoms with Crippen LogP contribution in [0.2, 0.25) is 0 Å². The fourth-order valence-corrected chi connectivity index (χ4v) is 2.07.